The molecule has 1 amide bonds. The number of ether oxygens (including phenoxy) is 2. The number of amides is 1. The molecule has 10 heteroatoms. The van der Waals surface area contributed by atoms with Crippen LogP contribution in [-0.4, -0.2) is 33.2 Å². The van der Waals surface area contributed by atoms with Gasteiger partial charge in [-0.1, -0.05) is 11.6 Å². The Morgan fingerprint density at radius 2 is 1.71 bits per heavy atom. The predicted octanol–water partition coefficient (Wildman–Crippen LogP) is 1.08. The van der Waals surface area contributed by atoms with Crippen LogP contribution in [0.25, 0.3) is 0 Å². The van der Waals surface area contributed by atoms with Crippen molar-refractivity contribution in [2.45, 2.75) is 19.4 Å². The maximum absolute atomic E-state index is 12.3. The van der Waals surface area contributed by atoms with E-state index in [0.717, 1.165) is 15.2 Å². The van der Waals surface area contributed by atoms with E-state index in [9.17, 15) is 19.2 Å². The fourth-order valence-corrected chi connectivity index (χ4v) is 2.30. The number of hydrogen-bond acceptors (Lipinski definition) is 6. The normalized spacial score (nSPS) is 11.0. The van der Waals surface area contributed by atoms with Gasteiger partial charge < -0.3 is 14.8 Å². The van der Waals surface area contributed by atoms with Gasteiger partial charge in [0.25, 0.3) is 11.5 Å². The second-order valence-corrected chi connectivity index (χ2v) is 6.90. The molecule has 0 saturated heterocycles. The van der Waals surface area contributed by atoms with Crippen LogP contribution in [-0.2, 0) is 28.4 Å². The molecule has 0 atom stereocenters. The summed E-state index contributed by atoms with van der Waals surface area (Å²) < 4.78 is 12.6. The molecule has 28 heavy (non-hydrogen) atoms. The Balaban J connectivity index is 1.98. The lowest BCUT2D eigenvalue weighted by molar-refractivity contribution is -0.161. The molecule has 0 unspecified atom stereocenters. The number of carbonyl (C=O) groups is 2. The maximum Gasteiger partial charge on any atom is 0.350 e. The van der Waals surface area contributed by atoms with Crippen LogP contribution in [0.15, 0.2) is 39.9 Å². The van der Waals surface area contributed by atoms with Crippen LogP contribution in [0.4, 0.5) is 5.82 Å². The summed E-state index contributed by atoms with van der Waals surface area (Å²) in [5.74, 6) is -1.08. The third-order valence-corrected chi connectivity index (χ3v) is 4.06. The topological polar surface area (TPSA) is 109 Å². The minimum absolute atomic E-state index is 0.00850. The van der Waals surface area contributed by atoms with Crippen molar-refractivity contribution in [3.8, 4) is 5.75 Å². The number of benzene rings is 1. The summed E-state index contributed by atoms with van der Waals surface area (Å²) in [4.78, 5) is 47.8. The highest BCUT2D eigenvalue weighted by atomic mass is 35.5. The molecule has 0 aliphatic heterocycles. The molecule has 150 valence electrons. The third kappa shape index (κ3) is 5.01. The number of esters is 1. The molecule has 2 rings (SSSR count). The molecule has 9 nitrogen and oxygen atoms in total. The Morgan fingerprint density at radius 1 is 1.11 bits per heavy atom. The second-order valence-electron chi connectivity index (χ2n) is 6.46. The quantitative estimate of drug-likeness (QED) is 0.715. The maximum atomic E-state index is 12.3. The van der Waals surface area contributed by atoms with Crippen molar-refractivity contribution in [1.29, 1.82) is 0 Å². The van der Waals surface area contributed by atoms with E-state index < -0.39 is 35.3 Å². The zero-order valence-electron chi connectivity index (χ0n) is 15.8. The summed E-state index contributed by atoms with van der Waals surface area (Å²) in [5, 5.41) is 2.88. The summed E-state index contributed by atoms with van der Waals surface area (Å²) in [6.45, 7) is 2.37. The molecule has 1 N–H and O–H groups in total. The van der Waals surface area contributed by atoms with E-state index in [1.807, 2.05) is 0 Å². The van der Waals surface area contributed by atoms with Crippen molar-refractivity contribution in [3.05, 3.63) is 56.2 Å². The zero-order chi connectivity index (χ0) is 21.1. The van der Waals surface area contributed by atoms with E-state index in [-0.39, 0.29) is 5.82 Å². The number of anilines is 1. The van der Waals surface area contributed by atoms with E-state index in [4.69, 9.17) is 21.1 Å². The van der Waals surface area contributed by atoms with Crippen LogP contribution in [0.5, 0.6) is 5.75 Å². The molecule has 0 aliphatic carbocycles. The third-order valence-electron chi connectivity index (χ3n) is 3.81. The van der Waals surface area contributed by atoms with Crippen molar-refractivity contribution in [3.63, 3.8) is 0 Å². The lowest BCUT2D eigenvalue weighted by Gasteiger charge is -2.24. The van der Waals surface area contributed by atoms with Gasteiger partial charge in [0.05, 0.1) is 0 Å². The molecule has 2 aromatic rings. The number of aromatic nitrogens is 2. The zero-order valence-corrected chi connectivity index (χ0v) is 16.6. The molecule has 1 heterocycles. The lowest BCUT2D eigenvalue weighted by atomic mass is 10.1. The first-order chi connectivity index (χ1) is 13.0. The average molecular weight is 410 g/mol. The van der Waals surface area contributed by atoms with Crippen LogP contribution in [0.2, 0.25) is 5.02 Å². The highest BCUT2D eigenvalue weighted by molar-refractivity contribution is 6.30. The second kappa shape index (κ2) is 8.30. The number of nitrogens with zero attached hydrogens (tertiary/aromatic N) is 2. The molecule has 0 radical (unpaired) electrons. The Bertz CT molecular complexity index is 1010. The summed E-state index contributed by atoms with van der Waals surface area (Å²) in [5.41, 5.74) is -2.53. The van der Waals surface area contributed by atoms with Gasteiger partial charge in [0.2, 0.25) is 0 Å². The van der Waals surface area contributed by atoms with Crippen molar-refractivity contribution < 1.29 is 19.1 Å². The Labute approximate surface area is 165 Å². The summed E-state index contributed by atoms with van der Waals surface area (Å²) in [7, 11) is 2.72. The number of hydrogen-bond donors (Lipinski definition) is 1. The molecule has 0 spiro atoms. The highest BCUT2D eigenvalue weighted by Crippen LogP contribution is 2.21. The summed E-state index contributed by atoms with van der Waals surface area (Å²) >= 11 is 5.80. The van der Waals surface area contributed by atoms with Gasteiger partial charge in [-0.3, -0.25) is 18.7 Å². The first-order valence-corrected chi connectivity index (χ1v) is 8.58. The first kappa shape index (κ1) is 21.2. The molecular weight excluding hydrogens is 390 g/mol. The smallest absolute Gasteiger partial charge is 0.350 e. The van der Waals surface area contributed by atoms with Crippen molar-refractivity contribution in [2.24, 2.45) is 14.1 Å². The Morgan fingerprint density at radius 3 is 2.32 bits per heavy atom. The lowest BCUT2D eigenvalue weighted by Crippen LogP contribution is -2.41. The van der Waals surface area contributed by atoms with Crippen LogP contribution in [0.3, 0.4) is 0 Å². The fourth-order valence-electron chi connectivity index (χ4n) is 2.18. The highest BCUT2D eigenvalue weighted by Gasteiger charge is 2.32. The molecule has 1 aromatic carbocycles. The summed E-state index contributed by atoms with van der Waals surface area (Å²) in [6, 6.07) is 7.51. The van der Waals surface area contributed by atoms with Gasteiger partial charge in [-0.05, 0) is 38.1 Å². The van der Waals surface area contributed by atoms with Crippen LogP contribution in [0, 0.1) is 0 Å². The van der Waals surface area contributed by atoms with E-state index in [2.05, 4.69) is 5.32 Å². The Kier molecular flexibility index (Phi) is 6.30. The number of halogens is 1. The largest absolute Gasteiger partial charge is 0.476 e. The monoisotopic (exact) mass is 409 g/mol. The van der Waals surface area contributed by atoms with Crippen molar-refractivity contribution in [1.82, 2.24) is 9.13 Å². The van der Waals surface area contributed by atoms with E-state index in [1.54, 1.807) is 24.3 Å². The van der Waals surface area contributed by atoms with Crippen molar-refractivity contribution >= 4 is 29.3 Å². The predicted molar refractivity (Wildman–Crippen MR) is 103 cm³/mol. The van der Waals surface area contributed by atoms with Gasteiger partial charge in [-0.2, -0.15) is 0 Å². The number of carbonyl (C=O) groups excluding carboxylic acids is 2. The van der Waals surface area contributed by atoms with Gasteiger partial charge in [-0.15, -0.1) is 0 Å². The summed E-state index contributed by atoms with van der Waals surface area (Å²) in [6.07, 6.45) is 0. The van der Waals surface area contributed by atoms with Crippen molar-refractivity contribution in [2.75, 3.05) is 11.9 Å². The van der Waals surface area contributed by atoms with Crippen LogP contribution >= 0.6 is 11.6 Å². The van der Waals surface area contributed by atoms with E-state index in [0.29, 0.717) is 10.8 Å². The average Bonchev–Trinajstić information content (AvgIpc) is 2.64. The van der Waals surface area contributed by atoms with Gasteiger partial charge in [0.1, 0.15) is 11.6 Å². The number of rotatable bonds is 6. The fraction of sp³-hybridized carbons (Fsp3) is 0.333. The SMILES string of the molecule is Cn1c(NC(=O)COC(=O)C(C)(C)Oc2ccc(Cl)cc2)cc(=O)n(C)c1=O. The minimum atomic E-state index is -1.36. The first-order valence-electron chi connectivity index (χ1n) is 8.20. The van der Waals surface area contributed by atoms with Gasteiger partial charge in [0, 0.05) is 25.2 Å². The molecule has 0 fully saturated rings. The minimum Gasteiger partial charge on any atom is -0.476 e. The Hall–Kier alpha value is -3.07. The van der Waals surface area contributed by atoms with E-state index in [1.165, 1.54) is 27.9 Å². The van der Waals surface area contributed by atoms with Gasteiger partial charge in [-0.25, -0.2) is 9.59 Å². The molecule has 0 aliphatic rings. The molecule has 0 saturated carbocycles. The van der Waals surface area contributed by atoms with Crippen LogP contribution in [0.1, 0.15) is 13.8 Å². The van der Waals surface area contributed by atoms with Crippen LogP contribution < -0.4 is 21.3 Å². The molecule has 1 aromatic heterocycles. The molecule has 0 bridgehead atoms. The van der Waals surface area contributed by atoms with Gasteiger partial charge >= 0.3 is 11.7 Å². The molecular formula is C18H20ClN3O6. The van der Waals surface area contributed by atoms with E-state index >= 15 is 0 Å². The number of nitrogens with one attached hydrogen (secondary N) is 1. The van der Waals surface area contributed by atoms with Gasteiger partial charge in [0.15, 0.2) is 12.2 Å². The standard InChI is InChI=1S/C18H20ClN3O6/c1-18(2,28-12-7-5-11(19)6-8-12)16(25)27-10-14(23)20-13-9-15(24)22(4)17(26)21(13)3/h5-9H,10H2,1-4H3,(H,20,23).